The lowest BCUT2D eigenvalue weighted by Gasteiger charge is -2.07. The molecule has 80 valence electrons. The Balaban J connectivity index is 2.29. The summed E-state index contributed by atoms with van der Waals surface area (Å²) in [5, 5.41) is 3.34. The molecule has 1 fully saturated rings. The Hall–Kier alpha value is -1.36. The van der Waals surface area contributed by atoms with Crippen LogP contribution in [-0.2, 0) is 4.74 Å². The largest absolute Gasteiger partial charge is 0.464 e. The van der Waals surface area contributed by atoms with Gasteiger partial charge in [0.25, 0.3) is 0 Å². The minimum absolute atomic E-state index is 0.175. The van der Waals surface area contributed by atoms with Gasteiger partial charge < -0.3 is 10.1 Å². The van der Waals surface area contributed by atoms with Crippen LogP contribution in [-0.4, -0.2) is 29.1 Å². The number of nitrogens with one attached hydrogen (secondary N) is 1. The van der Waals surface area contributed by atoms with Gasteiger partial charge >= 0.3 is 5.97 Å². The molecular formula is C9H10ClN3O2. The van der Waals surface area contributed by atoms with Gasteiger partial charge in [-0.1, -0.05) is 11.6 Å². The van der Waals surface area contributed by atoms with Gasteiger partial charge in [-0.15, -0.1) is 0 Å². The molecule has 1 aromatic heterocycles. The quantitative estimate of drug-likeness (QED) is 0.793. The van der Waals surface area contributed by atoms with Crippen molar-refractivity contribution >= 4 is 23.4 Å². The van der Waals surface area contributed by atoms with Crippen LogP contribution in [0.4, 0.5) is 5.82 Å². The Kier molecular flexibility index (Phi) is 2.73. The second-order valence-electron chi connectivity index (χ2n) is 3.30. The summed E-state index contributed by atoms with van der Waals surface area (Å²) >= 11 is 5.70. The van der Waals surface area contributed by atoms with E-state index in [4.69, 9.17) is 11.6 Å². The smallest absolute Gasteiger partial charge is 0.360 e. The van der Waals surface area contributed by atoms with Gasteiger partial charge in [0.2, 0.25) is 0 Å². The molecule has 0 radical (unpaired) electrons. The molecule has 5 nitrogen and oxygen atoms in total. The lowest BCUT2D eigenvalue weighted by molar-refractivity contribution is 0.0595. The van der Waals surface area contributed by atoms with Crippen LogP contribution in [0.25, 0.3) is 0 Å². The number of carbonyl (C=O) groups excluding carboxylic acids is 1. The van der Waals surface area contributed by atoms with Crippen molar-refractivity contribution in [3.05, 3.63) is 17.0 Å². The van der Waals surface area contributed by atoms with Gasteiger partial charge in [-0.05, 0) is 12.8 Å². The summed E-state index contributed by atoms with van der Waals surface area (Å²) < 4.78 is 4.59. The number of nitrogens with zero attached hydrogens (tertiary/aromatic N) is 2. The Morgan fingerprint density at radius 1 is 1.67 bits per heavy atom. The molecule has 0 spiro atoms. The van der Waals surface area contributed by atoms with Gasteiger partial charge in [0.15, 0.2) is 11.5 Å². The van der Waals surface area contributed by atoms with Crippen molar-refractivity contribution in [2.45, 2.75) is 18.9 Å². The molecule has 0 atom stereocenters. The van der Waals surface area contributed by atoms with Gasteiger partial charge in [-0.3, -0.25) is 0 Å². The number of rotatable bonds is 3. The van der Waals surface area contributed by atoms with Crippen molar-refractivity contribution in [1.82, 2.24) is 9.97 Å². The third-order valence-electron chi connectivity index (χ3n) is 2.04. The van der Waals surface area contributed by atoms with Crippen LogP contribution in [0, 0.1) is 0 Å². The van der Waals surface area contributed by atoms with Crippen molar-refractivity contribution in [1.29, 1.82) is 0 Å². The molecule has 2 rings (SSSR count). The van der Waals surface area contributed by atoms with Gasteiger partial charge in [-0.25, -0.2) is 14.8 Å². The zero-order valence-electron chi connectivity index (χ0n) is 8.16. The first kappa shape index (κ1) is 10.2. The highest BCUT2D eigenvalue weighted by Crippen LogP contribution is 2.25. The molecule has 1 aliphatic rings. The van der Waals surface area contributed by atoms with Gasteiger partial charge in [0.05, 0.1) is 13.3 Å². The number of methoxy groups -OCH3 is 1. The highest BCUT2D eigenvalue weighted by atomic mass is 35.5. The van der Waals surface area contributed by atoms with Crippen molar-refractivity contribution in [2.75, 3.05) is 12.4 Å². The number of hydrogen-bond acceptors (Lipinski definition) is 5. The number of aromatic nitrogens is 2. The number of esters is 1. The number of anilines is 1. The van der Waals surface area contributed by atoms with E-state index in [1.807, 2.05) is 0 Å². The van der Waals surface area contributed by atoms with Crippen LogP contribution in [0.15, 0.2) is 6.20 Å². The first-order valence-corrected chi connectivity index (χ1v) is 4.96. The average Bonchev–Trinajstić information content (AvgIpc) is 3.01. The number of hydrogen-bond donors (Lipinski definition) is 1. The van der Waals surface area contributed by atoms with E-state index in [0.29, 0.717) is 11.9 Å². The molecule has 0 amide bonds. The second kappa shape index (κ2) is 4.02. The lowest BCUT2D eigenvalue weighted by Crippen LogP contribution is -2.13. The molecule has 0 aliphatic heterocycles. The van der Waals surface area contributed by atoms with Crippen LogP contribution in [0.2, 0.25) is 5.15 Å². The fourth-order valence-corrected chi connectivity index (χ4v) is 1.27. The summed E-state index contributed by atoms with van der Waals surface area (Å²) in [5.41, 5.74) is 0.175. The van der Waals surface area contributed by atoms with E-state index in [-0.39, 0.29) is 10.8 Å². The summed E-state index contributed by atoms with van der Waals surface area (Å²) in [6.45, 7) is 0. The topological polar surface area (TPSA) is 64.1 Å². The van der Waals surface area contributed by atoms with Gasteiger partial charge in [-0.2, -0.15) is 0 Å². The molecule has 0 saturated heterocycles. The Bertz CT molecular complexity index is 393. The zero-order valence-corrected chi connectivity index (χ0v) is 8.91. The number of carbonyl (C=O) groups is 1. The van der Waals surface area contributed by atoms with Crippen LogP contribution >= 0.6 is 11.6 Å². The van der Waals surface area contributed by atoms with E-state index < -0.39 is 5.97 Å². The minimum Gasteiger partial charge on any atom is -0.464 e. The van der Waals surface area contributed by atoms with Gasteiger partial charge in [0.1, 0.15) is 5.15 Å². The summed E-state index contributed by atoms with van der Waals surface area (Å²) in [6.07, 6.45) is 3.48. The summed E-state index contributed by atoms with van der Waals surface area (Å²) in [7, 11) is 1.31. The zero-order chi connectivity index (χ0) is 10.8. The summed E-state index contributed by atoms with van der Waals surface area (Å²) in [6, 6.07) is 0.376. The van der Waals surface area contributed by atoms with Crippen LogP contribution < -0.4 is 5.32 Å². The average molecular weight is 228 g/mol. The second-order valence-corrected chi connectivity index (χ2v) is 3.69. The molecular weight excluding hydrogens is 218 g/mol. The molecule has 1 saturated carbocycles. The predicted octanol–water partition coefficient (Wildman–Crippen LogP) is 1.49. The molecule has 1 N–H and O–H groups in total. The third kappa shape index (κ3) is 2.36. The molecule has 0 aromatic carbocycles. The molecule has 1 heterocycles. The van der Waals surface area contributed by atoms with E-state index in [9.17, 15) is 4.79 Å². The fourth-order valence-electron chi connectivity index (χ4n) is 1.14. The fraction of sp³-hybridized carbons (Fsp3) is 0.444. The van der Waals surface area contributed by atoms with Crippen molar-refractivity contribution in [3.8, 4) is 0 Å². The molecule has 1 aromatic rings. The van der Waals surface area contributed by atoms with Crippen molar-refractivity contribution < 1.29 is 9.53 Å². The normalized spacial score (nSPS) is 14.8. The standard InChI is InChI=1S/C9H10ClN3O2/c1-15-9(14)7-8(12-5-2-3-5)13-6(10)4-11-7/h4-5H,2-3H2,1H3,(H,12,13). The van der Waals surface area contributed by atoms with Crippen molar-refractivity contribution in [3.63, 3.8) is 0 Å². The van der Waals surface area contributed by atoms with Gasteiger partial charge in [0, 0.05) is 6.04 Å². The molecule has 0 unspecified atom stereocenters. The highest BCUT2D eigenvalue weighted by Gasteiger charge is 2.25. The Morgan fingerprint density at radius 3 is 3.00 bits per heavy atom. The molecule has 0 bridgehead atoms. The van der Waals surface area contributed by atoms with Crippen LogP contribution in [0.3, 0.4) is 0 Å². The number of halogens is 1. The van der Waals surface area contributed by atoms with E-state index >= 15 is 0 Å². The van der Waals surface area contributed by atoms with Crippen LogP contribution in [0.1, 0.15) is 23.3 Å². The lowest BCUT2D eigenvalue weighted by atomic mass is 10.4. The van der Waals surface area contributed by atoms with Crippen molar-refractivity contribution in [2.24, 2.45) is 0 Å². The monoisotopic (exact) mass is 227 g/mol. The minimum atomic E-state index is -0.512. The maximum atomic E-state index is 11.3. The summed E-state index contributed by atoms with van der Waals surface area (Å²) in [4.78, 5) is 19.3. The molecule has 1 aliphatic carbocycles. The maximum Gasteiger partial charge on any atom is 0.360 e. The SMILES string of the molecule is COC(=O)c1ncc(Cl)nc1NC1CC1. The van der Waals surface area contributed by atoms with Crippen LogP contribution in [0.5, 0.6) is 0 Å². The Labute approximate surface area is 91.8 Å². The number of ether oxygens (including phenoxy) is 1. The first-order valence-electron chi connectivity index (χ1n) is 4.58. The Morgan fingerprint density at radius 2 is 2.40 bits per heavy atom. The van der Waals surface area contributed by atoms with E-state index in [1.54, 1.807) is 0 Å². The first-order chi connectivity index (χ1) is 7.20. The molecule has 6 heteroatoms. The van der Waals surface area contributed by atoms with E-state index in [2.05, 4.69) is 20.0 Å². The molecule has 15 heavy (non-hydrogen) atoms. The maximum absolute atomic E-state index is 11.3. The van der Waals surface area contributed by atoms with E-state index in [1.165, 1.54) is 13.3 Å². The van der Waals surface area contributed by atoms with E-state index in [0.717, 1.165) is 12.8 Å². The third-order valence-corrected chi connectivity index (χ3v) is 2.22. The predicted molar refractivity (Wildman–Crippen MR) is 55.0 cm³/mol. The highest BCUT2D eigenvalue weighted by molar-refractivity contribution is 6.29. The summed E-state index contributed by atoms with van der Waals surface area (Å²) in [5.74, 6) is -0.112.